The maximum Gasteiger partial charge on any atom is 0.235 e. The van der Waals surface area contributed by atoms with Gasteiger partial charge in [-0.1, -0.05) is 42.5 Å². The molecule has 0 amide bonds. The zero-order valence-electron chi connectivity index (χ0n) is 16.2. The van der Waals surface area contributed by atoms with Crippen molar-refractivity contribution < 1.29 is 18.6 Å². The van der Waals surface area contributed by atoms with E-state index in [0.717, 1.165) is 5.56 Å². The summed E-state index contributed by atoms with van der Waals surface area (Å²) < 4.78 is 22.8. The number of ether oxygens (including phenoxy) is 3. The average Bonchev–Trinajstić information content (AvgIpc) is 2.78. The maximum atomic E-state index is 13.2. The number of hydrogen-bond acceptors (Lipinski definition) is 5. The lowest BCUT2D eigenvalue weighted by Gasteiger charge is -2.13. The molecule has 0 radical (unpaired) electrons. The van der Waals surface area contributed by atoms with E-state index >= 15 is 0 Å². The molecule has 1 aromatic heterocycles. The first-order chi connectivity index (χ1) is 14.2. The third kappa shape index (κ3) is 3.67. The third-order valence-corrected chi connectivity index (χ3v) is 4.63. The van der Waals surface area contributed by atoms with Gasteiger partial charge in [0.15, 0.2) is 17.3 Å². The van der Waals surface area contributed by atoms with Gasteiger partial charge < -0.3 is 18.6 Å². The van der Waals surface area contributed by atoms with E-state index in [4.69, 9.17) is 18.6 Å². The molecular formula is C24H20O5. The normalized spacial score (nSPS) is 10.7. The van der Waals surface area contributed by atoms with E-state index in [1.807, 2.05) is 42.5 Å². The van der Waals surface area contributed by atoms with Crippen LogP contribution in [-0.4, -0.2) is 14.2 Å². The van der Waals surface area contributed by atoms with Crippen LogP contribution in [0, 0.1) is 0 Å². The molecule has 0 aliphatic rings. The van der Waals surface area contributed by atoms with Crippen LogP contribution in [-0.2, 0) is 6.61 Å². The molecule has 0 spiro atoms. The highest BCUT2D eigenvalue weighted by Gasteiger charge is 2.19. The summed E-state index contributed by atoms with van der Waals surface area (Å²) in [6, 6.07) is 22.1. The fraction of sp³-hybridized carbons (Fsp3) is 0.125. The van der Waals surface area contributed by atoms with E-state index in [2.05, 4.69) is 0 Å². The van der Waals surface area contributed by atoms with E-state index in [0.29, 0.717) is 33.8 Å². The summed E-state index contributed by atoms with van der Waals surface area (Å²) in [5.41, 5.74) is 1.90. The molecule has 5 heteroatoms. The summed E-state index contributed by atoms with van der Waals surface area (Å²) in [5.74, 6) is 1.64. The molecule has 146 valence electrons. The van der Waals surface area contributed by atoms with Crippen LogP contribution in [0.15, 0.2) is 82.0 Å². The lowest BCUT2D eigenvalue weighted by atomic mass is 10.1. The van der Waals surface area contributed by atoms with Crippen molar-refractivity contribution in [1.29, 1.82) is 0 Å². The number of benzene rings is 3. The minimum Gasteiger partial charge on any atom is -0.493 e. The van der Waals surface area contributed by atoms with E-state index in [1.165, 1.54) is 0 Å². The van der Waals surface area contributed by atoms with Gasteiger partial charge in [-0.15, -0.1) is 0 Å². The van der Waals surface area contributed by atoms with E-state index < -0.39 is 0 Å². The van der Waals surface area contributed by atoms with E-state index in [9.17, 15) is 4.79 Å². The minimum atomic E-state index is -0.215. The van der Waals surface area contributed by atoms with Gasteiger partial charge in [0.05, 0.1) is 19.6 Å². The highest BCUT2D eigenvalue weighted by Crippen LogP contribution is 2.36. The average molecular weight is 388 g/mol. The van der Waals surface area contributed by atoms with Gasteiger partial charge >= 0.3 is 0 Å². The van der Waals surface area contributed by atoms with Crippen molar-refractivity contribution in [1.82, 2.24) is 0 Å². The molecular weight excluding hydrogens is 368 g/mol. The van der Waals surface area contributed by atoms with Crippen LogP contribution in [0.1, 0.15) is 5.56 Å². The Morgan fingerprint density at radius 3 is 2.31 bits per heavy atom. The molecule has 4 aromatic rings. The van der Waals surface area contributed by atoms with Crippen LogP contribution in [0.25, 0.3) is 22.3 Å². The van der Waals surface area contributed by atoms with Gasteiger partial charge in [0.25, 0.3) is 0 Å². The van der Waals surface area contributed by atoms with Gasteiger partial charge in [-0.3, -0.25) is 4.79 Å². The van der Waals surface area contributed by atoms with Gasteiger partial charge in [0.1, 0.15) is 12.2 Å². The molecule has 0 saturated carbocycles. The molecule has 0 bridgehead atoms. The number of para-hydroxylation sites is 1. The van der Waals surface area contributed by atoms with Crippen LogP contribution < -0.4 is 19.6 Å². The molecule has 0 aliphatic heterocycles. The van der Waals surface area contributed by atoms with Crippen molar-refractivity contribution in [3.05, 3.63) is 88.6 Å². The number of methoxy groups -OCH3 is 2. The molecule has 0 N–H and O–H groups in total. The van der Waals surface area contributed by atoms with Crippen LogP contribution in [0.3, 0.4) is 0 Å². The Labute approximate surface area is 168 Å². The Morgan fingerprint density at radius 1 is 0.828 bits per heavy atom. The van der Waals surface area contributed by atoms with Gasteiger partial charge in [0, 0.05) is 5.56 Å². The zero-order chi connectivity index (χ0) is 20.2. The Kier molecular flexibility index (Phi) is 5.20. The molecule has 29 heavy (non-hydrogen) atoms. The highest BCUT2D eigenvalue weighted by molar-refractivity contribution is 5.82. The molecule has 3 aromatic carbocycles. The summed E-state index contributed by atoms with van der Waals surface area (Å²) in [6.07, 6.45) is 0. The fourth-order valence-electron chi connectivity index (χ4n) is 3.15. The van der Waals surface area contributed by atoms with E-state index in [-0.39, 0.29) is 17.8 Å². The quantitative estimate of drug-likeness (QED) is 0.462. The molecule has 0 fully saturated rings. The fourth-order valence-corrected chi connectivity index (χ4v) is 3.15. The second-order valence-electron chi connectivity index (χ2n) is 6.43. The second kappa shape index (κ2) is 8.10. The molecule has 0 unspecified atom stereocenters. The van der Waals surface area contributed by atoms with Crippen molar-refractivity contribution >= 4 is 11.0 Å². The molecule has 0 saturated heterocycles. The monoisotopic (exact) mass is 388 g/mol. The Hall–Kier alpha value is -3.73. The van der Waals surface area contributed by atoms with Crippen molar-refractivity contribution in [3.8, 4) is 28.6 Å². The first-order valence-electron chi connectivity index (χ1n) is 9.16. The maximum absolute atomic E-state index is 13.2. The van der Waals surface area contributed by atoms with Crippen molar-refractivity contribution in [2.75, 3.05) is 14.2 Å². The molecule has 0 aliphatic carbocycles. The predicted molar refractivity (Wildman–Crippen MR) is 112 cm³/mol. The lowest BCUT2D eigenvalue weighted by Crippen LogP contribution is -2.10. The molecule has 0 atom stereocenters. The van der Waals surface area contributed by atoms with Crippen LogP contribution in [0.4, 0.5) is 0 Å². The van der Waals surface area contributed by atoms with Crippen molar-refractivity contribution in [2.45, 2.75) is 6.61 Å². The Balaban J connectivity index is 1.86. The van der Waals surface area contributed by atoms with Crippen molar-refractivity contribution in [3.63, 3.8) is 0 Å². The summed E-state index contributed by atoms with van der Waals surface area (Å²) in [6.45, 7) is 0.254. The summed E-state index contributed by atoms with van der Waals surface area (Å²) >= 11 is 0. The van der Waals surface area contributed by atoms with E-state index in [1.54, 1.807) is 44.6 Å². The number of rotatable bonds is 6. The summed E-state index contributed by atoms with van der Waals surface area (Å²) in [4.78, 5) is 13.2. The third-order valence-electron chi connectivity index (χ3n) is 4.63. The van der Waals surface area contributed by atoms with Gasteiger partial charge in [-0.25, -0.2) is 0 Å². The Morgan fingerprint density at radius 2 is 1.55 bits per heavy atom. The van der Waals surface area contributed by atoms with Crippen LogP contribution in [0.2, 0.25) is 0 Å². The van der Waals surface area contributed by atoms with Gasteiger partial charge in [0.2, 0.25) is 11.2 Å². The minimum absolute atomic E-state index is 0.166. The highest BCUT2D eigenvalue weighted by atomic mass is 16.5. The largest absolute Gasteiger partial charge is 0.493 e. The first kappa shape index (κ1) is 18.6. The zero-order valence-corrected chi connectivity index (χ0v) is 16.2. The topological polar surface area (TPSA) is 57.9 Å². The van der Waals surface area contributed by atoms with Crippen molar-refractivity contribution in [2.24, 2.45) is 0 Å². The van der Waals surface area contributed by atoms with Crippen LogP contribution >= 0.6 is 0 Å². The predicted octanol–water partition coefficient (Wildman–Crippen LogP) is 5.06. The lowest BCUT2D eigenvalue weighted by molar-refractivity contribution is 0.298. The smallest absolute Gasteiger partial charge is 0.235 e. The second-order valence-corrected chi connectivity index (χ2v) is 6.43. The molecule has 4 rings (SSSR count). The van der Waals surface area contributed by atoms with Gasteiger partial charge in [-0.2, -0.15) is 0 Å². The summed E-state index contributed by atoms with van der Waals surface area (Å²) in [5, 5.41) is 0.472. The molecule has 1 heterocycles. The molecule has 5 nitrogen and oxygen atoms in total. The van der Waals surface area contributed by atoms with Gasteiger partial charge in [-0.05, 0) is 35.9 Å². The standard InChI is InChI=1S/C24H20O5/c1-26-20-13-12-17(14-21(20)27-2)23-24(28-15-16-8-4-3-5-9-16)22(25)18-10-6-7-11-19(18)29-23/h3-14H,15H2,1-2H3. The SMILES string of the molecule is COc1ccc(-c2oc3ccccc3c(=O)c2OCc2ccccc2)cc1OC. The number of fused-ring (bicyclic) bond motifs is 1. The Bertz CT molecular complexity index is 1200. The summed E-state index contributed by atoms with van der Waals surface area (Å²) in [7, 11) is 3.13. The van der Waals surface area contributed by atoms with Crippen LogP contribution in [0.5, 0.6) is 17.2 Å². The number of hydrogen-bond donors (Lipinski definition) is 0. The first-order valence-corrected chi connectivity index (χ1v) is 9.16.